The molecule has 1 nitrogen and oxygen atoms in total. The van der Waals surface area contributed by atoms with Gasteiger partial charge in [0.25, 0.3) is 0 Å². The predicted molar refractivity (Wildman–Crippen MR) is 86.2 cm³/mol. The third-order valence-corrected chi connectivity index (χ3v) is 5.51. The maximum Gasteiger partial charge on any atom is 0.140 e. The monoisotopic (exact) mass is 341 g/mol. The van der Waals surface area contributed by atoms with Crippen molar-refractivity contribution in [2.45, 2.75) is 46.0 Å². The van der Waals surface area contributed by atoms with E-state index in [4.69, 9.17) is 5.73 Å². The van der Waals surface area contributed by atoms with Crippen molar-refractivity contribution in [2.75, 3.05) is 6.54 Å². The molecule has 0 spiro atoms. The summed E-state index contributed by atoms with van der Waals surface area (Å²) >= 11 is 3.30. The van der Waals surface area contributed by atoms with Crippen LogP contribution in [-0.2, 0) is 0 Å². The highest BCUT2D eigenvalue weighted by Crippen LogP contribution is 2.47. The summed E-state index contributed by atoms with van der Waals surface area (Å²) in [6, 6.07) is 5.62. The number of hydrogen-bond donors (Lipinski definition) is 1. The van der Waals surface area contributed by atoms with E-state index in [1.54, 1.807) is 6.07 Å². The van der Waals surface area contributed by atoms with Crippen LogP contribution >= 0.6 is 15.9 Å². The fraction of sp³-hybridized carbons (Fsp3) is 0.647. The Kier molecular flexibility index (Phi) is 4.91. The predicted octanol–water partition coefficient (Wildman–Crippen LogP) is 5.09. The van der Waals surface area contributed by atoms with Gasteiger partial charge in [-0.1, -0.05) is 32.9 Å². The molecule has 0 saturated heterocycles. The minimum atomic E-state index is -0.106. The van der Waals surface area contributed by atoms with Gasteiger partial charge in [-0.3, -0.25) is 0 Å². The van der Waals surface area contributed by atoms with E-state index in [0.29, 0.717) is 22.9 Å². The first kappa shape index (κ1) is 16.0. The van der Waals surface area contributed by atoms with Crippen LogP contribution in [0, 0.1) is 23.1 Å². The molecule has 1 aromatic rings. The number of rotatable bonds is 2. The van der Waals surface area contributed by atoms with Gasteiger partial charge in [0.05, 0.1) is 4.47 Å². The van der Waals surface area contributed by atoms with Crippen LogP contribution in [0.15, 0.2) is 22.7 Å². The molecule has 0 heterocycles. The lowest BCUT2D eigenvalue weighted by Crippen LogP contribution is -2.34. The summed E-state index contributed by atoms with van der Waals surface area (Å²) in [6.07, 6.45) is 3.35. The summed E-state index contributed by atoms with van der Waals surface area (Å²) in [5, 5.41) is 0. The Morgan fingerprint density at radius 3 is 2.60 bits per heavy atom. The van der Waals surface area contributed by atoms with Crippen LogP contribution in [0.2, 0.25) is 0 Å². The molecule has 0 aromatic heterocycles. The Labute approximate surface area is 130 Å². The van der Waals surface area contributed by atoms with E-state index in [2.05, 4.69) is 36.7 Å². The van der Waals surface area contributed by atoms with E-state index < -0.39 is 0 Å². The summed E-state index contributed by atoms with van der Waals surface area (Å²) in [4.78, 5) is 0. The summed E-state index contributed by atoms with van der Waals surface area (Å²) in [5.41, 5.74) is 7.05. The fourth-order valence-corrected chi connectivity index (χ4v) is 3.87. The zero-order chi connectivity index (χ0) is 14.9. The normalized spacial score (nSPS) is 27.6. The lowest BCUT2D eigenvalue weighted by atomic mass is 9.64. The van der Waals surface area contributed by atoms with E-state index >= 15 is 0 Å². The zero-order valence-electron chi connectivity index (χ0n) is 12.6. The Morgan fingerprint density at radius 1 is 1.30 bits per heavy atom. The molecule has 0 amide bonds. The van der Waals surface area contributed by atoms with Crippen molar-refractivity contribution >= 4 is 15.9 Å². The van der Waals surface area contributed by atoms with E-state index in [1.165, 1.54) is 6.42 Å². The second-order valence-electron chi connectivity index (χ2n) is 7.12. The molecule has 1 aromatic carbocycles. The lowest BCUT2D eigenvalue weighted by molar-refractivity contribution is 0.131. The third kappa shape index (κ3) is 3.25. The molecule has 3 heteroatoms. The van der Waals surface area contributed by atoms with Crippen LogP contribution in [0.1, 0.15) is 51.5 Å². The smallest absolute Gasteiger partial charge is 0.140 e. The highest BCUT2D eigenvalue weighted by Gasteiger charge is 2.37. The summed E-state index contributed by atoms with van der Waals surface area (Å²) in [5.74, 6) is 1.17. The standard InChI is InChI=1S/C17H25BrFN/c1-17(2,3)12-8-7-11(10-20)14(9-12)13-5-4-6-15(18)16(13)19/h4-6,11-12,14H,7-10,20H2,1-3H3. The molecule has 2 rings (SSSR count). The number of benzene rings is 1. The molecular formula is C17H25BrFN. The van der Waals surface area contributed by atoms with Crippen molar-refractivity contribution < 1.29 is 4.39 Å². The molecule has 0 aliphatic heterocycles. The largest absolute Gasteiger partial charge is 0.330 e. The van der Waals surface area contributed by atoms with Gasteiger partial charge in [0.15, 0.2) is 0 Å². The molecule has 0 bridgehead atoms. The molecule has 3 atom stereocenters. The van der Waals surface area contributed by atoms with Crippen molar-refractivity contribution in [3.8, 4) is 0 Å². The minimum absolute atomic E-state index is 0.106. The summed E-state index contributed by atoms with van der Waals surface area (Å²) in [7, 11) is 0. The van der Waals surface area contributed by atoms with Crippen molar-refractivity contribution in [3.63, 3.8) is 0 Å². The van der Waals surface area contributed by atoms with E-state index in [9.17, 15) is 4.39 Å². The van der Waals surface area contributed by atoms with E-state index in [1.807, 2.05) is 12.1 Å². The molecule has 1 saturated carbocycles. The van der Waals surface area contributed by atoms with E-state index in [-0.39, 0.29) is 17.2 Å². The average Bonchev–Trinajstić information content (AvgIpc) is 2.40. The highest BCUT2D eigenvalue weighted by molar-refractivity contribution is 9.10. The van der Waals surface area contributed by atoms with E-state index in [0.717, 1.165) is 18.4 Å². The maximum atomic E-state index is 14.4. The first-order chi connectivity index (χ1) is 9.34. The molecule has 2 N–H and O–H groups in total. The maximum absolute atomic E-state index is 14.4. The van der Waals surface area contributed by atoms with Gasteiger partial charge in [0.2, 0.25) is 0 Å². The summed E-state index contributed by atoms with van der Waals surface area (Å²) in [6.45, 7) is 7.51. The molecule has 1 fully saturated rings. The van der Waals surface area contributed by atoms with Gasteiger partial charge in [-0.25, -0.2) is 4.39 Å². The number of halogens is 2. The quantitative estimate of drug-likeness (QED) is 0.796. The van der Waals surface area contributed by atoms with Gasteiger partial charge in [-0.05, 0) is 76.5 Å². The first-order valence-corrected chi connectivity index (χ1v) is 8.28. The summed E-state index contributed by atoms with van der Waals surface area (Å²) < 4.78 is 15.0. The minimum Gasteiger partial charge on any atom is -0.330 e. The molecule has 1 aliphatic carbocycles. The fourth-order valence-electron chi connectivity index (χ4n) is 3.49. The molecule has 112 valence electrons. The SMILES string of the molecule is CC(C)(C)C1CCC(CN)C(c2cccc(Br)c2F)C1. The molecule has 0 radical (unpaired) electrons. The van der Waals surface area contributed by atoms with Crippen LogP contribution in [0.25, 0.3) is 0 Å². The van der Waals surface area contributed by atoms with Crippen LogP contribution in [0.5, 0.6) is 0 Å². The van der Waals surface area contributed by atoms with Gasteiger partial charge >= 0.3 is 0 Å². The first-order valence-electron chi connectivity index (χ1n) is 7.48. The van der Waals surface area contributed by atoms with Gasteiger partial charge in [0, 0.05) is 0 Å². The Bertz CT molecular complexity index is 467. The van der Waals surface area contributed by atoms with Crippen molar-refractivity contribution in [1.82, 2.24) is 0 Å². The second kappa shape index (κ2) is 6.15. The number of nitrogens with two attached hydrogens (primary N) is 1. The Morgan fingerprint density at radius 2 is 2.00 bits per heavy atom. The van der Waals surface area contributed by atoms with Gasteiger partial charge in [-0.15, -0.1) is 0 Å². The number of hydrogen-bond acceptors (Lipinski definition) is 1. The van der Waals surface area contributed by atoms with Crippen molar-refractivity contribution in [2.24, 2.45) is 23.0 Å². The van der Waals surface area contributed by atoms with Crippen molar-refractivity contribution in [1.29, 1.82) is 0 Å². The Hall–Kier alpha value is -0.410. The van der Waals surface area contributed by atoms with Crippen LogP contribution in [-0.4, -0.2) is 6.54 Å². The van der Waals surface area contributed by atoms with Crippen molar-refractivity contribution in [3.05, 3.63) is 34.1 Å². The molecule has 1 aliphatic rings. The molecule has 20 heavy (non-hydrogen) atoms. The highest BCUT2D eigenvalue weighted by atomic mass is 79.9. The zero-order valence-corrected chi connectivity index (χ0v) is 14.2. The van der Waals surface area contributed by atoms with Gasteiger partial charge in [0.1, 0.15) is 5.82 Å². The lowest BCUT2D eigenvalue weighted by Gasteiger charge is -2.42. The van der Waals surface area contributed by atoms with Crippen LogP contribution in [0.3, 0.4) is 0 Å². The third-order valence-electron chi connectivity index (χ3n) is 4.90. The van der Waals surface area contributed by atoms with Crippen LogP contribution < -0.4 is 5.73 Å². The van der Waals surface area contributed by atoms with Gasteiger partial charge < -0.3 is 5.73 Å². The topological polar surface area (TPSA) is 26.0 Å². The molecule has 3 unspecified atom stereocenters. The van der Waals surface area contributed by atoms with Crippen LogP contribution in [0.4, 0.5) is 4.39 Å². The van der Waals surface area contributed by atoms with Gasteiger partial charge in [-0.2, -0.15) is 0 Å². The second-order valence-corrected chi connectivity index (χ2v) is 7.98. The Balaban J connectivity index is 2.32. The average molecular weight is 342 g/mol. The molecular weight excluding hydrogens is 317 g/mol.